The van der Waals surface area contributed by atoms with Gasteiger partial charge in [0.2, 0.25) is 0 Å². The van der Waals surface area contributed by atoms with Crippen LogP contribution in [0, 0.1) is 0 Å². The Kier molecular flexibility index (Phi) is 2.50. The fourth-order valence-electron chi connectivity index (χ4n) is 1.61. The number of nitrogens with one attached hydrogen (secondary N) is 1. The first-order chi connectivity index (χ1) is 6.79. The third kappa shape index (κ3) is 1.77. The number of benzene rings is 1. The third-order valence-corrected chi connectivity index (χ3v) is 2.35. The van der Waals surface area contributed by atoms with E-state index < -0.39 is 0 Å². The summed E-state index contributed by atoms with van der Waals surface area (Å²) in [6.45, 7) is 1.01. The SMILES string of the molecule is CNCCc1ccc2cn(C)nc2c1. The molecule has 0 aliphatic carbocycles. The van der Waals surface area contributed by atoms with Crippen molar-refractivity contribution in [2.75, 3.05) is 13.6 Å². The molecule has 0 saturated carbocycles. The van der Waals surface area contributed by atoms with E-state index in [1.165, 1.54) is 10.9 Å². The van der Waals surface area contributed by atoms with Gasteiger partial charge in [-0.05, 0) is 31.6 Å². The lowest BCUT2D eigenvalue weighted by molar-refractivity contribution is 0.778. The summed E-state index contributed by atoms with van der Waals surface area (Å²) in [4.78, 5) is 0. The molecule has 0 radical (unpaired) electrons. The molecule has 2 aromatic rings. The van der Waals surface area contributed by atoms with Gasteiger partial charge in [-0.25, -0.2) is 0 Å². The van der Waals surface area contributed by atoms with E-state index in [0.29, 0.717) is 0 Å². The van der Waals surface area contributed by atoms with Crippen LogP contribution in [0.4, 0.5) is 0 Å². The second-order valence-corrected chi connectivity index (χ2v) is 3.55. The summed E-state index contributed by atoms with van der Waals surface area (Å²) in [5.41, 5.74) is 2.42. The van der Waals surface area contributed by atoms with Crippen molar-refractivity contribution >= 4 is 10.9 Å². The third-order valence-electron chi connectivity index (χ3n) is 2.35. The summed E-state index contributed by atoms with van der Waals surface area (Å²) in [5, 5.41) is 8.73. The predicted molar refractivity (Wildman–Crippen MR) is 58.3 cm³/mol. The summed E-state index contributed by atoms with van der Waals surface area (Å²) in [5.74, 6) is 0. The van der Waals surface area contributed by atoms with E-state index >= 15 is 0 Å². The Morgan fingerprint density at radius 2 is 2.29 bits per heavy atom. The smallest absolute Gasteiger partial charge is 0.0925 e. The van der Waals surface area contributed by atoms with E-state index in [9.17, 15) is 0 Å². The van der Waals surface area contributed by atoms with Crippen LogP contribution in [0.15, 0.2) is 24.4 Å². The average Bonchev–Trinajstić information content (AvgIpc) is 2.54. The monoisotopic (exact) mass is 189 g/mol. The van der Waals surface area contributed by atoms with Crippen LogP contribution in [0.1, 0.15) is 5.56 Å². The second-order valence-electron chi connectivity index (χ2n) is 3.55. The average molecular weight is 189 g/mol. The largest absolute Gasteiger partial charge is 0.319 e. The Morgan fingerprint density at radius 3 is 3.07 bits per heavy atom. The minimum absolute atomic E-state index is 1.01. The minimum atomic E-state index is 1.01. The summed E-state index contributed by atoms with van der Waals surface area (Å²) in [6, 6.07) is 6.46. The fourth-order valence-corrected chi connectivity index (χ4v) is 1.61. The van der Waals surface area contributed by atoms with Crippen LogP contribution >= 0.6 is 0 Å². The van der Waals surface area contributed by atoms with Crippen LogP contribution < -0.4 is 5.32 Å². The van der Waals surface area contributed by atoms with Crippen molar-refractivity contribution in [2.24, 2.45) is 7.05 Å². The van der Waals surface area contributed by atoms with Crippen LogP contribution in [-0.2, 0) is 13.5 Å². The van der Waals surface area contributed by atoms with Crippen molar-refractivity contribution in [3.8, 4) is 0 Å². The lowest BCUT2D eigenvalue weighted by Crippen LogP contribution is -2.10. The van der Waals surface area contributed by atoms with Crippen LogP contribution in [0.25, 0.3) is 10.9 Å². The van der Waals surface area contributed by atoms with Crippen LogP contribution in [-0.4, -0.2) is 23.4 Å². The summed E-state index contributed by atoms with van der Waals surface area (Å²) < 4.78 is 1.85. The lowest BCUT2D eigenvalue weighted by Gasteiger charge is -1.99. The topological polar surface area (TPSA) is 29.9 Å². The molecule has 1 aromatic heterocycles. The molecule has 0 bridgehead atoms. The molecule has 74 valence electrons. The van der Waals surface area contributed by atoms with Crippen LogP contribution in [0.5, 0.6) is 0 Å². The van der Waals surface area contributed by atoms with Gasteiger partial charge < -0.3 is 5.32 Å². The standard InChI is InChI=1S/C11H15N3/c1-12-6-5-9-3-4-10-8-14(2)13-11(10)7-9/h3-4,7-8,12H,5-6H2,1-2H3. The van der Waals surface area contributed by atoms with E-state index in [1.807, 2.05) is 25.0 Å². The molecule has 0 atom stereocenters. The minimum Gasteiger partial charge on any atom is -0.319 e. The van der Waals surface area contributed by atoms with Crippen LogP contribution in [0.2, 0.25) is 0 Å². The number of aryl methyl sites for hydroxylation is 1. The molecular weight excluding hydrogens is 174 g/mol. The van der Waals surface area contributed by atoms with Gasteiger partial charge in [0.1, 0.15) is 0 Å². The zero-order valence-corrected chi connectivity index (χ0v) is 8.62. The fraction of sp³-hybridized carbons (Fsp3) is 0.364. The van der Waals surface area contributed by atoms with Gasteiger partial charge in [-0.3, -0.25) is 4.68 Å². The van der Waals surface area contributed by atoms with E-state index in [2.05, 4.69) is 28.6 Å². The molecule has 0 aliphatic rings. The van der Waals surface area contributed by atoms with E-state index in [4.69, 9.17) is 0 Å². The first-order valence-corrected chi connectivity index (χ1v) is 4.86. The molecule has 0 unspecified atom stereocenters. The molecule has 1 N–H and O–H groups in total. The molecule has 2 rings (SSSR count). The maximum Gasteiger partial charge on any atom is 0.0925 e. The van der Waals surface area contributed by atoms with Gasteiger partial charge in [-0.1, -0.05) is 12.1 Å². The highest BCUT2D eigenvalue weighted by atomic mass is 15.2. The zero-order valence-electron chi connectivity index (χ0n) is 8.62. The number of likely N-dealkylation sites (N-methyl/N-ethyl adjacent to an activating group) is 1. The van der Waals surface area contributed by atoms with Crippen LogP contribution in [0.3, 0.4) is 0 Å². The van der Waals surface area contributed by atoms with Gasteiger partial charge in [0.15, 0.2) is 0 Å². The summed E-state index contributed by atoms with van der Waals surface area (Å²) >= 11 is 0. The molecule has 1 heterocycles. The Bertz CT molecular complexity index is 431. The zero-order chi connectivity index (χ0) is 9.97. The first-order valence-electron chi connectivity index (χ1n) is 4.86. The summed E-state index contributed by atoms with van der Waals surface area (Å²) in [6.07, 6.45) is 3.10. The molecule has 1 aromatic carbocycles. The number of fused-ring (bicyclic) bond motifs is 1. The van der Waals surface area contributed by atoms with Crippen molar-refractivity contribution in [3.63, 3.8) is 0 Å². The quantitative estimate of drug-likeness (QED) is 0.789. The van der Waals surface area contributed by atoms with Gasteiger partial charge in [-0.15, -0.1) is 0 Å². The van der Waals surface area contributed by atoms with Crippen molar-refractivity contribution in [3.05, 3.63) is 30.0 Å². The number of hydrogen-bond acceptors (Lipinski definition) is 2. The van der Waals surface area contributed by atoms with Gasteiger partial charge in [-0.2, -0.15) is 5.10 Å². The molecule has 0 aliphatic heterocycles. The molecule has 0 fully saturated rings. The highest BCUT2D eigenvalue weighted by molar-refractivity contribution is 5.78. The van der Waals surface area contributed by atoms with E-state index in [0.717, 1.165) is 18.5 Å². The Labute approximate surface area is 83.7 Å². The highest BCUT2D eigenvalue weighted by Crippen LogP contribution is 2.13. The number of nitrogens with zero attached hydrogens (tertiary/aromatic N) is 2. The molecular formula is C11H15N3. The Balaban J connectivity index is 2.31. The molecule has 0 saturated heterocycles. The predicted octanol–water partition coefficient (Wildman–Crippen LogP) is 1.34. The summed E-state index contributed by atoms with van der Waals surface area (Å²) in [7, 11) is 3.92. The van der Waals surface area contributed by atoms with Gasteiger partial charge >= 0.3 is 0 Å². The van der Waals surface area contributed by atoms with Gasteiger partial charge in [0, 0.05) is 18.6 Å². The Morgan fingerprint density at radius 1 is 1.43 bits per heavy atom. The number of rotatable bonds is 3. The second kappa shape index (κ2) is 3.80. The molecule has 0 spiro atoms. The molecule has 3 nitrogen and oxygen atoms in total. The Hall–Kier alpha value is -1.35. The highest BCUT2D eigenvalue weighted by Gasteiger charge is 1.99. The number of hydrogen-bond donors (Lipinski definition) is 1. The van der Waals surface area contributed by atoms with Gasteiger partial charge in [0.05, 0.1) is 5.52 Å². The van der Waals surface area contributed by atoms with Crippen molar-refractivity contribution in [1.82, 2.24) is 15.1 Å². The van der Waals surface area contributed by atoms with Gasteiger partial charge in [0.25, 0.3) is 0 Å². The maximum atomic E-state index is 4.38. The first kappa shape index (κ1) is 9.21. The van der Waals surface area contributed by atoms with Crippen molar-refractivity contribution in [2.45, 2.75) is 6.42 Å². The maximum absolute atomic E-state index is 4.38. The number of aromatic nitrogens is 2. The van der Waals surface area contributed by atoms with Crippen molar-refractivity contribution in [1.29, 1.82) is 0 Å². The normalized spacial score (nSPS) is 11.0. The molecule has 3 heteroatoms. The lowest BCUT2D eigenvalue weighted by atomic mass is 10.1. The van der Waals surface area contributed by atoms with Crippen molar-refractivity contribution < 1.29 is 0 Å². The molecule has 14 heavy (non-hydrogen) atoms. The van der Waals surface area contributed by atoms with E-state index in [1.54, 1.807) is 0 Å². The van der Waals surface area contributed by atoms with E-state index in [-0.39, 0.29) is 0 Å². The molecule has 0 amide bonds.